The molecule has 12 nitrogen and oxygen atoms in total. The highest BCUT2D eigenvalue weighted by atomic mass is 16.3. The maximum Gasteiger partial charge on any atom is 0.326 e. The molecule has 1 aliphatic carbocycles. The number of rotatable bonds is 6. The summed E-state index contributed by atoms with van der Waals surface area (Å²) < 4.78 is 1.54. The number of benzene rings is 1. The van der Waals surface area contributed by atoms with E-state index < -0.39 is 5.69 Å². The number of imidazole rings is 1. The van der Waals surface area contributed by atoms with Crippen molar-refractivity contribution in [3.8, 4) is 5.88 Å². The van der Waals surface area contributed by atoms with Gasteiger partial charge >= 0.3 is 5.69 Å². The zero-order chi connectivity index (χ0) is 23.8. The lowest BCUT2D eigenvalue weighted by molar-refractivity contribution is 0.0827. The third-order valence-electron chi connectivity index (χ3n) is 5.32. The van der Waals surface area contributed by atoms with E-state index in [0.717, 1.165) is 18.4 Å². The minimum Gasteiger partial charge on any atom is -0.493 e. The van der Waals surface area contributed by atoms with Crippen LogP contribution in [0.25, 0.3) is 11.7 Å². The second-order valence-corrected chi connectivity index (χ2v) is 8.28. The quantitative estimate of drug-likeness (QED) is 0.309. The van der Waals surface area contributed by atoms with E-state index in [2.05, 4.69) is 35.3 Å². The molecule has 1 saturated carbocycles. The number of amides is 1. The summed E-state index contributed by atoms with van der Waals surface area (Å²) in [6.07, 6.45) is 5.16. The number of anilines is 1. The van der Waals surface area contributed by atoms with Gasteiger partial charge in [0.2, 0.25) is 11.8 Å². The van der Waals surface area contributed by atoms with Crippen molar-refractivity contribution in [3.63, 3.8) is 0 Å². The Labute approximate surface area is 192 Å². The van der Waals surface area contributed by atoms with Gasteiger partial charge in [0, 0.05) is 31.4 Å². The number of H-pyrrole nitrogens is 2. The van der Waals surface area contributed by atoms with Crippen LogP contribution in [-0.4, -0.2) is 65.6 Å². The van der Waals surface area contributed by atoms with Crippen molar-refractivity contribution in [2.24, 2.45) is 4.99 Å². The number of aromatic amines is 2. The molecule has 1 amide bonds. The van der Waals surface area contributed by atoms with E-state index in [1.54, 1.807) is 43.0 Å². The van der Waals surface area contributed by atoms with Crippen molar-refractivity contribution >= 4 is 23.6 Å². The van der Waals surface area contributed by atoms with E-state index in [1.807, 2.05) is 12.1 Å². The summed E-state index contributed by atoms with van der Waals surface area (Å²) in [5.74, 6) is 0.0389. The highest BCUT2D eigenvalue weighted by Crippen LogP contribution is 2.22. The first-order chi connectivity index (χ1) is 16.4. The maximum absolute atomic E-state index is 12.1. The van der Waals surface area contributed by atoms with Crippen molar-refractivity contribution in [2.75, 3.05) is 19.4 Å². The van der Waals surface area contributed by atoms with E-state index in [4.69, 9.17) is 0 Å². The minimum atomic E-state index is -0.514. The molecule has 4 N–H and O–H groups in total. The third kappa shape index (κ3) is 4.37. The lowest BCUT2D eigenvalue weighted by Crippen LogP contribution is -2.24. The summed E-state index contributed by atoms with van der Waals surface area (Å²) in [6.45, 7) is 0.439. The molecular weight excluding hydrogens is 438 g/mol. The number of fused-ring (bicyclic) bond motifs is 1. The van der Waals surface area contributed by atoms with Gasteiger partial charge in [-0.3, -0.25) is 9.78 Å². The summed E-state index contributed by atoms with van der Waals surface area (Å²) in [5.41, 5.74) is 2.18. The van der Waals surface area contributed by atoms with Crippen LogP contribution in [0, 0.1) is 0 Å². The molecular formula is C22H23N9O3. The molecule has 0 aliphatic heterocycles. The molecule has 3 heterocycles. The number of hydrogen-bond acceptors (Lipinski definition) is 8. The van der Waals surface area contributed by atoms with Gasteiger partial charge in [-0.05, 0) is 36.6 Å². The minimum absolute atomic E-state index is 0.0565. The van der Waals surface area contributed by atoms with Gasteiger partial charge in [-0.15, -0.1) is 0 Å². The summed E-state index contributed by atoms with van der Waals surface area (Å²) in [4.78, 5) is 43.6. The van der Waals surface area contributed by atoms with Crippen molar-refractivity contribution < 1.29 is 9.90 Å². The van der Waals surface area contributed by atoms with Gasteiger partial charge in [0.1, 0.15) is 5.69 Å². The largest absolute Gasteiger partial charge is 0.493 e. The molecule has 1 fully saturated rings. The second kappa shape index (κ2) is 8.46. The average Bonchev–Trinajstić information content (AvgIpc) is 3.45. The number of nitrogens with zero attached hydrogens (tertiary/aromatic N) is 6. The Morgan fingerprint density at radius 2 is 2.03 bits per heavy atom. The first-order valence-electron chi connectivity index (χ1n) is 10.7. The molecule has 0 spiro atoms. The van der Waals surface area contributed by atoms with E-state index in [0.29, 0.717) is 34.5 Å². The van der Waals surface area contributed by atoms with E-state index in [9.17, 15) is 14.7 Å². The number of nitrogens with one attached hydrogen (secondary N) is 3. The predicted molar refractivity (Wildman–Crippen MR) is 123 cm³/mol. The maximum atomic E-state index is 12.1. The molecule has 1 aliphatic rings. The fourth-order valence-electron chi connectivity index (χ4n) is 3.36. The normalized spacial score (nSPS) is 14.6. The Kier molecular flexibility index (Phi) is 5.32. The van der Waals surface area contributed by atoms with Crippen LogP contribution in [0.15, 0.2) is 40.2 Å². The van der Waals surface area contributed by atoms with Gasteiger partial charge in [-0.25, -0.2) is 9.79 Å². The SMILES string of the molecule is CN(C)C(=O)c1ccc(CNc2nc(=NC3CC3)n3nc/c(=C\c4[nH]c(=O)[nH]c4O)c3n2)cc1. The number of carbonyl (C=O) groups is 1. The van der Waals surface area contributed by atoms with Gasteiger partial charge < -0.3 is 20.3 Å². The van der Waals surface area contributed by atoms with Crippen molar-refractivity contribution in [2.45, 2.75) is 25.4 Å². The smallest absolute Gasteiger partial charge is 0.326 e. The van der Waals surface area contributed by atoms with E-state index in [-0.39, 0.29) is 23.5 Å². The van der Waals surface area contributed by atoms with Crippen molar-refractivity contribution in [1.82, 2.24) is 34.4 Å². The molecule has 0 atom stereocenters. The van der Waals surface area contributed by atoms with Gasteiger partial charge in [-0.2, -0.15) is 19.6 Å². The van der Waals surface area contributed by atoms with Crippen LogP contribution in [0.4, 0.5) is 5.95 Å². The zero-order valence-corrected chi connectivity index (χ0v) is 18.6. The van der Waals surface area contributed by atoms with Crippen LogP contribution in [0.1, 0.15) is 34.5 Å². The summed E-state index contributed by atoms with van der Waals surface area (Å²) in [5, 5.41) is 18.0. The Bertz CT molecular complexity index is 1540. The predicted octanol–water partition coefficient (Wildman–Crippen LogP) is -0.229. The van der Waals surface area contributed by atoms with Crippen LogP contribution >= 0.6 is 0 Å². The molecule has 12 heteroatoms. The number of hydrogen-bond donors (Lipinski definition) is 4. The number of aromatic hydroxyl groups is 1. The van der Waals surface area contributed by atoms with Crippen molar-refractivity contribution in [3.05, 3.63) is 68.6 Å². The van der Waals surface area contributed by atoms with E-state index >= 15 is 0 Å². The number of carbonyl (C=O) groups excluding carboxylic acids is 1. The lowest BCUT2D eigenvalue weighted by Gasteiger charge is -2.11. The molecule has 3 aromatic heterocycles. The summed E-state index contributed by atoms with van der Waals surface area (Å²) >= 11 is 0. The zero-order valence-electron chi connectivity index (χ0n) is 18.6. The Morgan fingerprint density at radius 3 is 2.68 bits per heavy atom. The van der Waals surface area contributed by atoms with Gasteiger partial charge in [-0.1, -0.05) is 12.1 Å². The molecule has 4 aromatic rings. The van der Waals surface area contributed by atoms with Gasteiger partial charge in [0.25, 0.3) is 11.5 Å². The summed E-state index contributed by atoms with van der Waals surface area (Å²) in [6, 6.07) is 7.53. The molecule has 5 rings (SSSR count). The molecule has 0 saturated heterocycles. The summed E-state index contributed by atoms with van der Waals surface area (Å²) in [7, 11) is 3.43. The molecule has 0 unspecified atom stereocenters. The third-order valence-corrected chi connectivity index (χ3v) is 5.32. The van der Waals surface area contributed by atoms with Crippen LogP contribution < -0.4 is 21.8 Å². The van der Waals surface area contributed by atoms with Crippen LogP contribution in [0.2, 0.25) is 0 Å². The molecule has 0 radical (unpaired) electrons. The van der Waals surface area contributed by atoms with Gasteiger partial charge in [0.05, 0.1) is 12.2 Å². The highest BCUT2D eigenvalue weighted by molar-refractivity contribution is 5.93. The molecule has 34 heavy (non-hydrogen) atoms. The second-order valence-electron chi connectivity index (χ2n) is 8.28. The topological polar surface area (TPSA) is 157 Å². The fourth-order valence-corrected chi connectivity index (χ4v) is 3.36. The number of aromatic nitrogens is 6. The van der Waals surface area contributed by atoms with E-state index in [1.165, 1.54) is 4.90 Å². The van der Waals surface area contributed by atoms with Crippen LogP contribution in [-0.2, 0) is 6.54 Å². The first-order valence-corrected chi connectivity index (χ1v) is 10.7. The molecule has 174 valence electrons. The Hall–Kier alpha value is -4.48. The Balaban J connectivity index is 1.48. The fraction of sp³-hybridized carbons (Fsp3) is 0.273. The average molecular weight is 461 g/mol. The Morgan fingerprint density at radius 1 is 1.26 bits per heavy atom. The molecule has 1 aromatic carbocycles. The van der Waals surface area contributed by atoms with Crippen LogP contribution in [0.5, 0.6) is 5.88 Å². The standard InChI is InChI=1S/C22H23N9O3/c1-30(2)19(33)13-5-3-12(4-6-13)10-23-20-27-17-14(9-16-18(32)28-22(34)26-16)11-24-31(17)21(29-20)25-15-7-8-15/h3-6,9,11,15,32H,7-8,10H2,1-2H3,(H,23,25,29)(H2,26,28,34)/b14-9+. The van der Waals surface area contributed by atoms with Crippen molar-refractivity contribution in [1.29, 1.82) is 0 Å². The lowest BCUT2D eigenvalue weighted by atomic mass is 10.1. The van der Waals surface area contributed by atoms with Crippen LogP contribution in [0.3, 0.4) is 0 Å². The highest BCUT2D eigenvalue weighted by Gasteiger charge is 2.21. The first kappa shape index (κ1) is 21.4. The van der Waals surface area contributed by atoms with Gasteiger partial charge in [0.15, 0.2) is 5.65 Å². The molecule has 0 bridgehead atoms. The monoisotopic (exact) mass is 461 g/mol.